The Morgan fingerprint density at radius 3 is 1.74 bits per heavy atom. The molecule has 0 aliphatic rings. The van der Waals surface area contributed by atoms with E-state index in [2.05, 4.69) is 53.2 Å². The molecule has 46 heavy (non-hydrogen) atoms. The number of anilines is 1. The molecule has 2 unspecified atom stereocenters. The second kappa shape index (κ2) is 16.5. The van der Waals surface area contributed by atoms with Gasteiger partial charge in [-0.05, 0) is 89.4 Å². The molecule has 1 radical (unpaired) electrons. The zero-order valence-corrected chi connectivity index (χ0v) is 28.8. The summed E-state index contributed by atoms with van der Waals surface area (Å²) in [6.45, 7) is 14.1. The van der Waals surface area contributed by atoms with Crippen molar-refractivity contribution in [3.8, 4) is 23.3 Å². The summed E-state index contributed by atoms with van der Waals surface area (Å²) in [4.78, 5) is 16.9. The molecule has 4 heterocycles. The Hall–Kier alpha value is -2.62. The molecule has 10 nitrogen and oxygen atoms in total. The van der Waals surface area contributed by atoms with Crippen molar-refractivity contribution in [3.05, 3.63) is 81.6 Å². The van der Waals surface area contributed by atoms with Gasteiger partial charge in [-0.15, -0.1) is 11.3 Å². The molecule has 0 saturated carbocycles. The average molecular weight is 816 g/mol. The monoisotopic (exact) mass is 816 g/mol. The Morgan fingerprint density at radius 1 is 0.826 bits per heavy atom. The van der Waals surface area contributed by atoms with Crippen molar-refractivity contribution >= 4 is 17.0 Å². The quantitative estimate of drug-likeness (QED) is 0.184. The molecule has 15 heteroatoms. The summed E-state index contributed by atoms with van der Waals surface area (Å²) in [5, 5.41) is 28.7. The van der Waals surface area contributed by atoms with Crippen LogP contribution in [0.25, 0.3) is 23.3 Å². The zero-order chi connectivity index (χ0) is 32.9. The number of rotatable bonds is 9. The summed E-state index contributed by atoms with van der Waals surface area (Å²) >= 11 is 1.16. The Morgan fingerprint density at radius 2 is 1.35 bits per heavy atom. The third kappa shape index (κ3) is 9.48. The Labute approximate surface area is 308 Å². The van der Waals surface area contributed by atoms with E-state index < -0.39 is 24.8 Å². The molecule has 2 N–H and O–H groups in total. The summed E-state index contributed by atoms with van der Waals surface area (Å²) in [5.74, 6) is 1.54. The molecule has 2 atom stereocenters. The fourth-order valence-corrected chi connectivity index (χ4v) is 5.41. The Kier molecular flexibility index (Phi) is 13.5. The number of hydrogen-bond acceptors (Lipinski definition) is 9. The normalized spacial score (nSPS) is 12.6. The van der Waals surface area contributed by atoms with Crippen LogP contribution >= 0.6 is 11.3 Å². The van der Waals surface area contributed by atoms with Crippen LogP contribution in [-0.4, -0.2) is 70.1 Å². The molecule has 5 rings (SSSR count). The number of hydrogen-bond donors (Lipinski definition) is 2. The van der Waals surface area contributed by atoms with Gasteiger partial charge in [0.1, 0.15) is 0 Å². The third-order valence-corrected chi connectivity index (χ3v) is 7.93. The second-order valence-corrected chi connectivity index (χ2v) is 11.5. The largest absolute Gasteiger partial charge is 3.00 e. The van der Waals surface area contributed by atoms with E-state index in [0.717, 1.165) is 52.8 Å². The fraction of sp³-hybridized carbons (Fsp3) is 0.387. The van der Waals surface area contributed by atoms with Crippen LogP contribution in [0.1, 0.15) is 54.0 Å². The van der Waals surface area contributed by atoms with E-state index in [1.165, 1.54) is 11.8 Å². The SMILES string of the molecule is CCN(CC)c1ccc(-c2nc(-n3nc(C)cc3C)nc(-n3nc(C)cc3C)n2)cc1.OC(CC(O)C(F)(F)F)c1cccs1.[Yb+3]. The average Bonchev–Trinajstić information content (AvgIpc) is 3.74. The van der Waals surface area contributed by atoms with Gasteiger partial charge in [-0.1, -0.05) is 6.07 Å². The Bertz CT molecular complexity index is 1620. The number of thiophene rings is 1. The van der Waals surface area contributed by atoms with Crippen LogP contribution in [-0.2, 0) is 0 Å². The number of aryl methyl sites for hydroxylation is 4. The minimum absolute atomic E-state index is 0. The Balaban J connectivity index is 0.000000324. The molecule has 1 aromatic carbocycles. The number of benzene rings is 1. The standard InChI is InChI=1S/C23H28N8.C8H9F3O2S.Yb/c1-7-29(8-2)20-11-9-19(10-12-20)21-24-22(30-17(5)13-15(3)27-30)26-23(25-21)31-18(6)14-16(4)28-31;9-8(10,11)7(13)4-5(12)6-2-1-3-14-6;/h9-14H,7-8H2,1-6H3;1-3,5,7,12-13H,4H2;/q;;+3. The maximum Gasteiger partial charge on any atom is 3.00 e. The van der Waals surface area contributed by atoms with Crippen molar-refractivity contribution in [1.82, 2.24) is 34.5 Å². The van der Waals surface area contributed by atoms with Crippen molar-refractivity contribution in [2.75, 3.05) is 18.0 Å². The minimum atomic E-state index is -4.67. The first-order valence-corrected chi connectivity index (χ1v) is 15.3. The summed E-state index contributed by atoms with van der Waals surface area (Å²) in [5.41, 5.74) is 5.85. The van der Waals surface area contributed by atoms with E-state index in [4.69, 9.17) is 20.1 Å². The van der Waals surface area contributed by atoms with Gasteiger partial charge in [-0.3, -0.25) is 0 Å². The second-order valence-electron chi connectivity index (χ2n) is 10.5. The van der Waals surface area contributed by atoms with Crippen molar-refractivity contribution in [1.29, 1.82) is 0 Å². The van der Waals surface area contributed by atoms with E-state index in [-0.39, 0.29) is 46.9 Å². The molecule has 0 aliphatic carbocycles. The predicted octanol–water partition coefficient (Wildman–Crippen LogP) is 6.08. The summed E-state index contributed by atoms with van der Waals surface area (Å²) in [7, 11) is 0. The molecule has 0 aliphatic heterocycles. The fourth-order valence-electron chi connectivity index (χ4n) is 4.69. The minimum Gasteiger partial charge on any atom is -0.387 e. The van der Waals surface area contributed by atoms with Crippen LogP contribution in [0.3, 0.4) is 0 Å². The first kappa shape index (κ1) is 37.8. The maximum atomic E-state index is 11.9. The van der Waals surface area contributed by atoms with Gasteiger partial charge < -0.3 is 15.1 Å². The van der Waals surface area contributed by atoms with E-state index in [9.17, 15) is 18.3 Å². The number of alkyl halides is 3. The molecular formula is C31H37F3N8O2SYb+3. The van der Waals surface area contributed by atoms with Crippen molar-refractivity contribution in [2.24, 2.45) is 0 Å². The number of nitrogens with zero attached hydrogens (tertiary/aromatic N) is 8. The van der Waals surface area contributed by atoms with Crippen molar-refractivity contribution < 1.29 is 70.3 Å². The first-order valence-electron chi connectivity index (χ1n) is 14.5. The predicted molar refractivity (Wildman–Crippen MR) is 168 cm³/mol. The smallest absolute Gasteiger partial charge is 0.387 e. The van der Waals surface area contributed by atoms with Crippen LogP contribution in [0.5, 0.6) is 0 Å². The molecular weight excluding hydrogens is 778 g/mol. The molecule has 0 spiro atoms. The van der Waals surface area contributed by atoms with Crippen LogP contribution in [0.4, 0.5) is 18.9 Å². The van der Waals surface area contributed by atoms with E-state index in [1.807, 2.05) is 39.8 Å². The molecule has 5 aromatic rings. The van der Waals surface area contributed by atoms with Gasteiger partial charge in [-0.2, -0.15) is 38.3 Å². The van der Waals surface area contributed by atoms with Gasteiger partial charge in [0.15, 0.2) is 11.9 Å². The van der Waals surface area contributed by atoms with Gasteiger partial charge in [-0.25, -0.2) is 9.36 Å². The molecule has 0 bridgehead atoms. The van der Waals surface area contributed by atoms with Gasteiger partial charge in [0, 0.05) is 47.0 Å². The first-order chi connectivity index (χ1) is 21.3. The number of aliphatic hydroxyl groups excluding tert-OH is 2. The van der Waals surface area contributed by atoms with Crippen LogP contribution in [0, 0.1) is 74.6 Å². The van der Waals surface area contributed by atoms with Gasteiger partial charge in [0.25, 0.3) is 11.9 Å². The van der Waals surface area contributed by atoms with Gasteiger partial charge in [0.2, 0.25) is 0 Å². The van der Waals surface area contributed by atoms with Crippen molar-refractivity contribution in [2.45, 2.75) is 66.3 Å². The van der Waals surface area contributed by atoms with E-state index >= 15 is 0 Å². The number of aromatic nitrogens is 7. The zero-order valence-electron chi connectivity index (χ0n) is 26.3. The topological polar surface area (TPSA) is 118 Å². The molecule has 0 amide bonds. The van der Waals surface area contributed by atoms with Crippen LogP contribution in [0.2, 0.25) is 0 Å². The van der Waals surface area contributed by atoms with Crippen molar-refractivity contribution in [3.63, 3.8) is 0 Å². The van der Waals surface area contributed by atoms with E-state index in [0.29, 0.717) is 22.6 Å². The summed E-state index contributed by atoms with van der Waals surface area (Å²) in [6, 6.07) is 15.5. The molecule has 4 aromatic heterocycles. The molecule has 0 fully saturated rings. The number of halogens is 3. The molecule has 0 saturated heterocycles. The van der Waals surface area contributed by atoms with Crippen LogP contribution < -0.4 is 4.90 Å². The molecule has 251 valence electrons. The summed E-state index contributed by atoms with van der Waals surface area (Å²) < 4.78 is 39.2. The van der Waals surface area contributed by atoms with E-state index in [1.54, 1.807) is 20.8 Å². The van der Waals surface area contributed by atoms with Gasteiger partial charge >= 0.3 is 53.1 Å². The summed E-state index contributed by atoms with van der Waals surface area (Å²) in [6.07, 6.45) is -9.12. The third-order valence-electron chi connectivity index (χ3n) is 6.96. The maximum absolute atomic E-state index is 11.9. The van der Waals surface area contributed by atoms with Crippen LogP contribution in [0.15, 0.2) is 53.9 Å². The van der Waals surface area contributed by atoms with Gasteiger partial charge in [0.05, 0.1) is 17.5 Å². The number of aliphatic hydroxyl groups is 2.